The Labute approximate surface area is 163 Å². The van der Waals surface area contributed by atoms with Gasteiger partial charge in [-0.05, 0) is 43.5 Å². The third-order valence-corrected chi connectivity index (χ3v) is 5.30. The molecule has 0 spiro atoms. The first-order valence-electron chi connectivity index (χ1n) is 10.0. The molecule has 1 saturated heterocycles. The minimum atomic E-state index is 0.239. The predicted molar refractivity (Wildman–Crippen MR) is 110 cm³/mol. The lowest BCUT2D eigenvalue weighted by Gasteiger charge is -2.41. The molecule has 0 radical (unpaired) electrons. The standard InChI is InChI=1S/C23H32N2O2/c1-3-27-23-10-8-21(9-11-23)17-25-14-13-24(18-22(25)12-15-26)16-20-6-4-19(2)5-7-20/h4-11,22,26H,3,12-18H2,1-2H3. The molecule has 2 aromatic rings. The van der Waals surface area contributed by atoms with Crippen molar-refractivity contribution in [3.05, 3.63) is 65.2 Å². The molecule has 1 aliphatic rings. The van der Waals surface area contributed by atoms with Gasteiger partial charge in [0.1, 0.15) is 5.75 Å². The molecule has 1 unspecified atom stereocenters. The van der Waals surface area contributed by atoms with Crippen molar-refractivity contribution in [2.45, 2.75) is 39.4 Å². The quantitative estimate of drug-likeness (QED) is 0.774. The van der Waals surface area contributed by atoms with Gasteiger partial charge in [-0.3, -0.25) is 9.80 Å². The van der Waals surface area contributed by atoms with Crippen LogP contribution in [-0.2, 0) is 13.1 Å². The van der Waals surface area contributed by atoms with Gasteiger partial charge in [-0.15, -0.1) is 0 Å². The number of piperazine rings is 1. The highest BCUT2D eigenvalue weighted by Crippen LogP contribution is 2.20. The summed E-state index contributed by atoms with van der Waals surface area (Å²) in [5.74, 6) is 0.927. The molecule has 0 amide bonds. The Kier molecular flexibility index (Phi) is 7.27. The topological polar surface area (TPSA) is 35.9 Å². The molecule has 3 rings (SSSR count). The van der Waals surface area contributed by atoms with Crippen molar-refractivity contribution < 1.29 is 9.84 Å². The summed E-state index contributed by atoms with van der Waals surface area (Å²) >= 11 is 0. The van der Waals surface area contributed by atoms with E-state index < -0.39 is 0 Å². The number of ether oxygens (including phenoxy) is 1. The number of nitrogens with zero attached hydrogens (tertiary/aromatic N) is 2. The molecule has 0 bridgehead atoms. The van der Waals surface area contributed by atoms with Gasteiger partial charge in [-0.1, -0.05) is 42.0 Å². The third kappa shape index (κ3) is 5.80. The first-order chi connectivity index (χ1) is 13.2. The molecule has 4 heteroatoms. The molecule has 1 aliphatic heterocycles. The molecule has 0 saturated carbocycles. The third-order valence-electron chi connectivity index (χ3n) is 5.30. The van der Waals surface area contributed by atoms with Crippen LogP contribution in [0.3, 0.4) is 0 Å². The molecule has 1 atom stereocenters. The van der Waals surface area contributed by atoms with Crippen LogP contribution in [-0.4, -0.2) is 53.8 Å². The number of rotatable bonds is 8. The zero-order valence-corrected chi connectivity index (χ0v) is 16.6. The van der Waals surface area contributed by atoms with Crippen molar-refractivity contribution >= 4 is 0 Å². The molecule has 146 valence electrons. The zero-order chi connectivity index (χ0) is 19.1. The minimum absolute atomic E-state index is 0.239. The molecule has 1 N–H and O–H groups in total. The molecular formula is C23H32N2O2. The Balaban J connectivity index is 1.59. The Bertz CT molecular complexity index is 685. The van der Waals surface area contributed by atoms with E-state index in [1.807, 2.05) is 19.1 Å². The van der Waals surface area contributed by atoms with E-state index in [0.717, 1.165) is 44.9 Å². The average Bonchev–Trinajstić information content (AvgIpc) is 2.68. The first kappa shape index (κ1) is 19.9. The number of hydrogen-bond donors (Lipinski definition) is 1. The van der Waals surface area contributed by atoms with Crippen molar-refractivity contribution in [1.82, 2.24) is 9.80 Å². The van der Waals surface area contributed by atoms with Crippen LogP contribution in [0.4, 0.5) is 0 Å². The van der Waals surface area contributed by atoms with Crippen LogP contribution < -0.4 is 4.74 Å². The summed E-state index contributed by atoms with van der Waals surface area (Å²) in [7, 11) is 0. The van der Waals surface area contributed by atoms with E-state index in [2.05, 4.69) is 53.1 Å². The second-order valence-corrected chi connectivity index (χ2v) is 7.43. The van der Waals surface area contributed by atoms with Crippen LogP contribution in [0.25, 0.3) is 0 Å². The van der Waals surface area contributed by atoms with Gasteiger partial charge in [0.2, 0.25) is 0 Å². The van der Waals surface area contributed by atoms with Crippen LogP contribution in [0.1, 0.15) is 30.0 Å². The van der Waals surface area contributed by atoms with E-state index in [1.165, 1.54) is 16.7 Å². The molecule has 27 heavy (non-hydrogen) atoms. The normalized spacial score (nSPS) is 18.6. The molecule has 4 nitrogen and oxygen atoms in total. The van der Waals surface area contributed by atoms with Gasteiger partial charge >= 0.3 is 0 Å². The van der Waals surface area contributed by atoms with E-state index in [1.54, 1.807) is 0 Å². The molecular weight excluding hydrogens is 336 g/mol. The molecule has 2 aromatic carbocycles. The highest BCUT2D eigenvalue weighted by atomic mass is 16.5. The maximum Gasteiger partial charge on any atom is 0.119 e. The van der Waals surface area contributed by atoms with Gasteiger partial charge in [0.15, 0.2) is 0 Å². The van der Waals surface area contributed by atoms with E-state index in [9.17, 15) is 5.11 Å². The van der Waals surface area contributed by atoms with Crippen LogP contribution in [0, 0.1) is 6.92 Å². The number of benzene rings is 2. The monoisotopic (exact) mass is 368 g/mol. The molecule has 1 heterocycles. The average molecular weight is 369 g/mol. The fourth-order valence-electron chi connectivity index (χ4n) is 3.78. The summed E-state index contributed by atoms with van der Waals surface area (Å²) in [6.45, 7) is 10.1. The second-order valence-electron chi connectivity index (χ2n) is 7.43. The highest BCUT2D eigenvalue weighted by molar-refractivity contribution is 5.27. The van der Waals surface area contributed by atoms with Gasteiger partial charge in [0.05, 0.1) is 6.61 Å². The van der Waals surface area contributed by atoms with Crippen LogP contribution in [0.5, 0.6) is 5.75 Å². The lowest BCUT2D eigenvalue weighted by atomic mass is 10.1. The highest BCUT2D eigenvalue weighted by Gasteiger charge is 2.26. The van der Waals surface area contributed by atoms with Gasteiger partial charge in [0.25, 0.3) is 0 Å². The maximum atomic E-state index is 9.54. The van der Waals surface area contributed by atoms with Crippen molar-refractivity contribution in [2.24, 2.45) is 0 Å². The van der Waals surface area contributed by atoms with Crippen LogP contribution >= 0.6 is 0 Å². The SMILES string of the molecule is CCOc1ccc(CN2CCN(Cc3ccc(C)cc3)CC2CCO)cc1. The number of aliphatic hydroxyl groups is 1. The largest absolute Gasteiger partial charge is 0.494 e. The zero-order valence-electron chi connectivity index (χ0n) is 16.6. The Morgan fingerprint density at radius 3 is 2.30 bits per heavy atom. The van der Waals surface area contributed by atoms with Crippen molar-refractivity contribution in [2.75, 3.05) is 32.8 Å². The van der Waals surface area contributed by atoms with Gasteiger partial charge in [-0.25, -0.2) is 0 Å². The Morgan fingerprint density at radius 2 is 1.63 bits per heavy atom. The molecule has 0 aliphatic carbocycles. The number of hydrogen-bond acceptors (Lipinski definition) is 4. The minimum Gasteiger partial charge on any atom is -0.494 e. The van der Waals surface area contributed by atoms with Crippen molar-refractivity contribution in [3.8, 4) is 5.75 Å². The fourth-order valence-corrected chi connectivity index (χ4v) is 3.78. The van der Waals surface area contributed by atoms with Gasteiger partial charge in [0, 0.05) is 45.4 Å². The summed E-state index contributed by atoms with van der Waals surface area (Å²) in [4.78, 5) is 5.03. The van der Waals surface area contributed by atoms with Crippen molar-refractivity contribution in [1.29, 1.82) is 0 Å². The van der Waals surface area contributed by atoms with Gasteiger partial charge < -0.3 is 9.84 Å². The van der Waals surface area contributed by atoms with Crippen LogP contribution in [0.15, 0.2) is 48.5 Å². The summed E-state index contributed by atoms with van der Waals surface area (Å²) < 4.78 is 5.54. The Morgan fingerprint density at radius 1 is 0.963 bits per heavy atom. The first-order valence-corrected chi connectivity index (χ1v) is 10.0. The van der Waals surface area contributed by atoms with E-state index in [-0.39, 0.29) is 6.61 Å². The molecule has 1 fully saturated rings. The summed E-state index contributed by atoms with van der Waals surface area (Å²) in [5, 5.41) is 9.54. The lowest BCUT2D eigenvalue weighted by molar-refractivity contribution is 0.0500. The van der Waals surface area contributed by atoms with E-state index in [4.69, 9.17) is 4.74 Å². The maximum absolute atomic E-state index is 9.54. The summed E-state index contributed by atoms with van der Waals surface area (Å²) in [5.41, 5.74) is 3.97. The number of aliphatic hydroxyl groups excluding tert-OH is 1. The Hall–Kier alpha value is -1.88. The fraction of sp³-hybridized carbons (Fsp3) is 0.478. The van der Waals surface area contributed by atoms with E-state index in [0.29, 0.717) is 12.6 Å². The second kappa shape index (κ2) is 9.88. The smallest absolute Gasteiger partial charge is 0.119 e. The summed E-state index contributed by atoms with van der Waals surface area (Å²) in [6, 6.07) is 17.6. The van der Waals surface area contributed by atoms with Crippen molar-refractivity contribution in [3.63, 3.8) is 0 Å². The lowest BCUT2D eigenvalue weighted by Crippen LogP contribution is -2.52. The molecule has 0 aromatic heterocycles. The summed E-state index contributed by atoms with van der Waals surface area (Å²) in [6.07, 6.45) is 0.821. The predicted octanol–water partition coefficient (Wildman–Crippen LogP) is 3.46. The van der Waals surface area contributed by atoms with E-state index >= 15 is 0 Å². The van der Waals surface area contributed by atoms with Crippen LogP contribution in [0.2, 0.25) is 0 Å². The van der Waals surface area contributed by atoms with Gasteiger partial charge in [-0.2, -0.15) is 0 Å². The number of aryl methyl sites for hydroxylation is 1.